The number of amides is 3. The van der Waals surface area contributed by atoms with Crippen LogP contribution >= 0.6 is 11.6 Å². The van der Waals surface area contributed by atoms with Gasteiger partial charge in [0.1, 0.15) is 0 Å². The number of likely N-dealkylation sites (tertiary alicyclic amines) is 2. The van der Waals surface area contributed by atoms with Crippen LogP contribution < -0.4 is 5.32 Å². The molecule has 1 atom stereocenters. The molecule has 1 N–H and O–H groups in total. The lowest BCUT2D eigenvalue weighted by molar-refractivity contribution is 0.0199. The zero-order valence-corrected chi connectivity index (χ0v) is 16.4. The van der Waals surface area contributed by atoms with E-state index in [0.717, 1.165) is 19.6 Å². The molecule has 3 rings (SSSR count). The number of nitrogens with zero attached hydrogens (tertiary/aromatic N) is 3. The number of carbonyl (C=O) groups excluding carboxylic acids is 2. The van der Waals surface area contributed by atoms with Gasteiger partial charge in [-0.3, -0.25) is 9.69 Å². The molecule has 2 aliphatic rings. The highest BCUT2D eigenvalue weighted by atomic mass is 35.5. The highest BCUT2D eigenvalue weighted by Gasteiger charge is 2.37. The molecule has 0 aliphatic carbocycles. The van der Waals surface area contributed by atoms with Gasteiger partial charge in [0.25, 0.3) is 5.91 Å². The van der Waals surface area contributed by atoms with Gasteiger partial charge in [-0.05, 0) is 44.5 Å². The summed E-state index contributed by atoms with van der Waals surface area (Å²) in [6, 6.07) is 5.93. The van der Waals surface area contributed by atoms with E-state index in [1.54, 1.807) is 32.3 Å². The molecule has 142 valence electrons. The second-order valence-corrected chi connectivity index (χ2v) is 7.87. The Balaban J connectivity index is 1.58. The van der Waals surface area contributed by atoms with Crippen molar-refractivity contribution in [3.63, 3.8) is 0 Å². The standard InChI is InChI=1S/C19H27ClN4O2/c1-13-6-4-5-9-24(13)15-11-23(12-15)19(26)21-14-7-8-17(20)16(10-14)18(25)22(2)3/h7-8,10,13,15H,4-6,9,11-12H2,1-3H3,(H,21,26). The van der Waals surface area contributed by atoms with Crippen LogP contribution in [-0.4, -0.2) is 72.5 Å². The molecule has 3 amide bonds. The molecule has 0 aromatic heterocycles. The third-order valence-corrected chi connectivity index (χ3v) is 5.66. The summed E-state index contributed by atoms with van der Waals surface area (Å²) in [6.45, 7) is 4.92. The monoisotopic (exact) mass is 378 g/mol. The third-order valence-electron chi connectivity index (χ3n) is 5.33. The summed E-state index contributed by atoms with van der Waals surface area (Å²) in [5, 5.41) is 3.26. The van der Waals surface area contributed by atoms with Crippen molar-refractivity contribution in [3.8, 4) is 0 Å². The first-order valence-electron chi connectivity index (χ1n) is 9.19. The van der Waals surface area contributed by atoms with Crippen LogP contribution in [0.2, 0.25) is 5.02 Å². The average Bonchev–Trinajstić information content (AvgIpc) is 2.56. The van der Waals surface area contributed by atoms with Gasteiger partial charge in [0, 0.05) is 45.0 Å². The zero-order valence-electron chi connectivity index (χ0n) is 15.7. The number of benzene rings is 1. The van der Waals surface area contributed by atoms with Gasteiger partial charge in [0.15, 0.2) is 0 Å². The molecule has 6 nitrogen and oxygen atoms in total. The molecule has 7 heteroatoms. The molecular weight excluding hydrogens is 352 g/mol. The average molecular weight is 379 g/mol. The summed E-state index contributed by atoms with van der Waals surface area (Å²) in [4.78, 5) is 30.4. The molecule has 1 aromatic carbocycles. The predicted octanol–water partition coefficient (Wildman–Crippen LogP) is 3.13. The van der Waals surface area contributed by atoms with Crippen LogP contribution in [0.15, 0.2) is 18.2 Å². The molecule has 0 spiro atoms. The minimum absolute atomic E-state index is 0.128. The summed E-state index contributed by atoms with van der Waals surface area (Å²) in [5.74, 6) is -0.186. The predicted molar refractivity (Wildman–Crippen MR) is 104 cm³/mol. The molecule has 0 bridgehead atoms. The van der Waals surface area contributed by atoms with Gasteiger partial charge in [-0.1, -0.05) is 18.0 Å². The van der Waals surface area contributed by atoms with Gasteiger partial charge in [-0.15, -0.1) is 0 Å². The Kier molecular flexibility index (Phi) is 5.73. The number of nitrogens with one attached hydrogen (secondary N) is 1. The fourth-order valence-corrected chi connectivity index (χ4v) is 3.90. The molecule has 2 aliphatic heterocycles. The lowest BCUT2D eigenvalue weighted by Crippen LogP contribution is -2.64. The minimum Gasteiger partial charge on any atom is -0.345 e. The van der Waals surface area contributed by atoms with Crippen molar-refractivity contribution >= 4 is 29.2 Å². The number of urea groups is 1. The van der Waals surface area contributed by atoms with Crippen molar-refractivity contribution in [2.75, 3.05) is 39.0 Å². The molecule has 2 fully saturated rings. The Labute approximate surface area is 160 Å². The van der Waals surface area contributed by atoms with Crippen LogP contribution in [0.4, 0.5) is 10.5 Å². The molecular formula is C19H27ClN4O2. The van der Waals surface area contributed by atoms with Crippen LogP contribution in [0.3, 0.4) is 0 Å². The van der Waals surface area contributed by atoms with E-state index < -0.39 is 0 Å². The van der Waals surface area contributed by atoms with Crippen molar-refractivity contribution in [1.29, 1.82) is 0 Å². The van der Waals surface area contributed by atoms with Gasteiger partial charge >= 0.3 is 6.03 Å². The summed E-state index contributed by atoms with van der Waals surface area (Å²) < 4.78 is 0. The maximum atomic E-state index is 12.5. The lowest BCUT2D eigenvalue weighted by atomic mass is 9.98. The van der Waals surface area contributed by atoms with Gasteiger partial charge in [0.05, 0.1) is 10.6 Å². The number of anilines is 1. The van der Waals surface area contributed by atoms with E-state index in [0.29, 0.717) is 28.4 Å². The topological polar surface area (TPSA) is 55.9 Å². The first-order chi connectivity index (χ1) is 12.4. The van der Waals surface area contributed by atoms with Crippen molar-refractivity contribution < 1.29 is 9.59 Å². The van der Waals surface area contributed by atoms with Crippen molar-refractivity contribution in [1.82, 2.24) is 14.7 Å². The Hall–Kier alpha value is -1.79. The lowest BCUT2D eigenvalue weighted by Gasteiger charge is -2.49. The van der Waals surface area contributed by atoms with Gasteiger partial charge < -0.3 is 15.1 Å². The molecule has 1 unspecified atom stereocenters. The molecule has 0 radical (unpaired) electrons. The largest absolute Gasteiger partial charge is 0.345 e. The second kappa shape index (κ2) is 7.84. The maximum Gasteiger partial charge on any atom is 0.321 e. The fourth-order valence-electron chi connectivity index (χ4n) is 3.70. The summed E-state index contributed by atoms with van der Waals surface area (Å²) >= 11 is 6.12. The van der Waals surface area contributed by atoms with Crippen molar-refractivity contribution in [2.45, 2.75) is 38.3 Å². The Morgan fingerprint density at radius 2 is 1.96 bits per heavy atom. The summed E-state index contributed by atoms with van der Waals surface area (Å²) in [5.41, 5.74) is 0.970. The van der Waals surface area contributed by atoms with Gasteiger partial charge in [-0.2, -0.15) is 0 Å². The quantitative estimate of drug-likeness (QED) is 0.879. The van der Waals surface area contributed by atoms with Gasteiger partial charge in [-0.25, -0.2) is 4.79 Å². The van der Waals surface area contributed by atoms with Crippen molar-refractivity contribution in [3.05, 3.63) is 28.8 Å². The number of halogens is 1. The van der Waals surface area contributed by atoms with Crippen LogP contribution in [-0.2, 0) is 0 Å². The number of piperidine rings is 1. The van der Waals surface area contributed by atoms with E-state index in [-0.39, 0.29) is 11.9 Å². The number of hydrogen-bond acceptors (Lipinski definition) is 3. The van der Waals surface area contributed by atoms with E-state index in [2.05, 4.69) is 17.1 Å². The van der Waals surface area contributed by atoms with Crippen LogP contribution in [0, 0.1) is 0 Å². The normalized spacial score (nSPS) is 21.2. The van der Waals surface area contributed by atoms with E-state index in [1.807, 2.05) is 4.90 Å². The van der Waals surface area contributed by atoms with Crippen LogP contribution in [0.25, 0.3) is 0 Å². The van der Waals surface area contributed by atoms with E-state index in [4.69, 9.17) is 11.6 Å². The zero-order chi connectivity index (χ0) is 18.8. The number of carbonyl (C=O) groups is 2. The highest BCUT2D eigenvalue weighted by Crippen LogP contribution is 2.26. The minimum atomic E-state index is -0.186. The Morgan fingerprint density at radius 3 is 2.62 bits per heavy atom. The molecule has 0 saturated carbocycles. The SMILES string of the molecule is CC1CCCCN1C1CN(C(=O)Nc2ccc(Cl)c(C(=O)N(C)C)c2)C1. The molecule has 26 heavy (non-hydrogen) atoms. The maximum absolute atomic E-state index is 12.5. The number of rotatable bonds is 3. The van der Waals surface area contributed by atoms with E-state index >= 15 is 0 Å². The van der Waals surface area contributed by atoms with Crippen LogP contribution in [0.5, 0.6) is 0 Å². The Morgan fingerprint density at radius 1 is 1.23 bits per heavy atom. The van der Waals surface area contributed by atoms with E-state index in [1.165, 1.54) is 24.2 Å². The van der Waals surface area contributed by atoms with Crippen molar-refractivity contribution in [2.24, 2.45) is 0 Å². The molecule has 2 heterocycles. The summed E-state index contributed by atoms with van der Waals surface area (Å²) in [7, 11) is 3.34. The third kappa shape index (κ3) is 3.96. The first kappa shape index (κ1) is 19.0. The van der Waals surface area contributed by atoms with E-state index in [9.17, 15) is 9.59 Å². The smallest absolute Gasteiger partial charge is 0.321 e. The molecule has 2 saturated heterocycles. The first-order valence-corrected chi connectivity index (χ1v) is 9.57. The van der Waals surface area contributed by atoms with Crippen LogP contribution in [0.1, 0.15) is 36.5 Å². The fraction of sp³-hybridized carbons (Fsp3) is 0.579. The molecule has 1 aromatic rings. The second-order valence-electron chi connectivity index (χ2n) is 7.47. The summed E-state index contributed by atoms with van der Waals surface area (Å²) in [6.07, 6.45) is 3.80. The van der Waals surface area contributed by atoms with Gasteiger partial charge in [0.2, 0.25) is 0 Å². The Bertz CT molecular complexity index is 688. The highest BCUT2D eigenvalue weighted by molar-refractivity contribution is 6.34. The number of hydrogen-bond donors (Lipinski definition) is 1.